The van der Waals surface area contributed by atoms with Crippen molar-refractivity contribution in [3.63, 3.8) is 0 Å². The SMILES string of the molecule is COc1cccc(NC(SC/C(O)=C(\C#N)c2nc3ccccc3s2)=C(C#N)c2nc3ccccc3s2)c1. The lowest BCUT2D eigenvalue weighted by Crippen LogP contribution is -2.03. The molecule has 3 aromatic carbocycles. The topological polar surface area (TPSA) is 115 Å². The number of para-hydroxylation sites is 2. The summed E-state index contributed by atoms with van der Waals surface area (Å²) in [6.07, 6.45) is 0. The van der Waals surface area contributed by atoms with E-state index >= 15 is 0 Å². The van der Waals surface area contributed by atoms with E-state index in [2.05, 4.69) is 27.4 Å². The Morgan fingerprint density at radius 2 is 1.50 bits per heavy atom. The van der Waals surface area contributed by atoms with Crippen molar-refractivity contribution in [2.45, 2.75) is 0 Å². The fourth-order valence-electron chi connectivity index (χ4n) is 3.61. The molecule has 5 aromatic rings. The molecule has 5 rings (SSSR count). The quantitative estimate of drug-likeness (QED) is 0.150. The number of methoxy groups -OCH3 is 1. The van der Waals surface area contributed by atoms with Gasteiger partial charge in [-0.05, 0) is 36.4 Å². The molecule has 2 heterocycles. The van der Waals surface area contributed by atoms with E-state index in [1.54, 1.807) is 7.11 Å². The standard InChI is InChI=1S/C28H19N5O2S3/c1-35-18-8-6-7-17(13-18)31-26(20(15-30)28-33-22-10-3-5-12-25(22)38-28)36-16-23(34)19(14-29)27-32-21-9-2-4-11-24(21)37-27/h2-13,31,34H,16H2,1H3/b23-19-,26-20?. The molecular formula is C28H19N5O2S3. The number of nitriles is 2. The summed E-state index contributed by atoms with van der Waals surface area (Å²) < 4.78 is 7.23. The van der Waals surface area contributed by atoms with Crippen molar-refractivity contribution in [3.8, 4) is 17.9 Å². The lowest BCUT2D eigenvalue weighted by atomic mass is 10.2. The second-order valence-electron chi connectivity index (χ2n) is 7.87. The molecule has 0 bridgehead atoms. The molecule has 0 unspecified atom stereocenters. The van der Waals surface area contributed by atoms with Crippen LogP contribution in [0.5, 0.6) is 5.75 Å². The van der Waals surface area contributed by atoms with Crippen molar-refractivity contribution < 1.29 is 9.84 Å². The molecule has 0 atom stereocenters. The van der Waals surface area contributed by atoms with Crippen molar-refractivity contribution >= 4 is 71.7 Å². The van der Waals surface area contributed by atoms with E-state index < -0.39 is 0 Å². The van der Waals surface area contributed by atoms with E-state index in [-0.39, 0.29) is 17.1 Å². The molecule has 0 saturated carbocycles. The van der Waals surface area contributed by atoms with E-state index in [0.29, 0.717) is 32.1 Å². The molecule has 0 amide bonds. The molecule has 0 aliphatic heterocycles. The maximum atomic E-state index is 11.0. The predicted octanol–water partition coefficient (Wildman–Crippen LogP) is 7.44. The Kier molecular flexibility index (Phi) is 7.57. The van der Waals surface area contributed by atoms with Crippen LogP contribution < -0.4 is 10.1 Å². The van der Waals surface area contributed by atoms with Gasteiger partial charge in [-0.1, -0.05) is 42.1 Å². The number of nitrogens with one attached hydrogen (secondary N) is 1. The number of aliphatic hydroxyl groups is 1. The van der Waals surface area contributed by atoms with Gasteiger partial charge in [-0.15, -0.1) is 22.7 Å². The highest BCUT2D eigenvalue weighted by molar-refractivity contribution is 8.03. The highest BCUT2D eigenvalue weighted by Crippen LogP contribution is 2.35. The molecule has 0 spiro atoms. The second kappa shape index (κ2) is 11.4. The number of rotatable bonds is 8. The average Bonchev–Trinajstić information content (AvgIpc) is 3.56. The molecule has 0 aliphatic carbocycles. The summed E-state index contributed by atoms with van der Waals surface area (Å²) in [6.45, 7) is 0. The van der Waals surface area contributed by atoms with Crippen LogP contribution >= 0.6 is 34.4 Å². The number of benzene rings is 3. The van der Waals surface area contributed by atoms with Crippen LogP contribution in [0, 0.1) is 22.7 Å². The largest absolute Gasteiger partial charge is 0.510 e. The van der Waals surface area contributed by atoms with Gasteiger partial charge in [0.05, 0.1) is 38.3 Å². The van der Waals surface area contributed by atoms with Gasteiger partial charge in [0.25, 0.3) is 0 Å². The fourth-order valence-corrected chi connectivity index (χ4v) is 6.52. The van der Waals surface area contributed by atoms with E-state index in [0.717, 1.165) is 20.4 Å². The molecule has 186 valence electrons. The van der Waals surface area contributed by atoms with Gasteiger partial charge < -0.3 is 15.2 Å². The summed E-state index contributed by atoms with van der Waals surface area (Å²) in [4.78, 5) is 9.16. The summed E-state index contributed by atoms with van der Waals surface area (Å²) >= 11 is 3.97. The molecule has 2 aromatic heterocycles. The van der Waals surface area contributed by atoms with Gasteiger partial charge in [0.15, 0.2) is 0 Å². The van der Waals surface area contributed by atoms with Gasteiger partial charge in [-0.3, -0.25) is 0 Å². The van der Waals surface area contributed by atoms with Crippen LogP contribution in [0.3, 0.4) is 0 Å². The zero-order chi connectivity index (χ0) is 26.5. The Hall–Kier alpha value is -4.35. The minimum Gasteiger partial charge on any atom is -0.510 e. The molecular weight excluding hydrogens is 535 g/mol. The molecule has 0 saturated heterocycles. The fraction of sp³-hybridized carbons (Fsp3) is 0.0714. The summed E-state index contributed by atoms with van der Waals surface area (Å²) in [5.41, 5.74) is 2.72. The lowest BCUT2D eigenvalue weighted by Gasteiger charge is -2.13. The second-order valence-corrected chi connectivity index (χ2v) is 10.9. The third-order valence-electron chi connectivity index (χ3n) is 5.44. The summed E-state index contributed by atoms with van der Waals surface area (Å²) in [5, 5.41) is 35.8. The highest BCUT2D eigenvalue weighted by Gasteiger charge is 2.19. The normalized spacial score (nSPS) is 12.4. The zero-order valence-electron chi connectivity index (χ0n) is 20.0. The number of thioether (sulfide) groups is 1. The van der Waals surface area contributed by atoms with Crippen LogP contribution in [-0.2, 0) is 0 Å². The number of thiazole rings is 2. The maximum absolute atomic E-state index is 11.0. The molecule has 2 N–H and O–H groups in total. The van der Waals surface area contributed by atoms with Crippen LogP contribution in [0.2, 0.25) is 0 Å². The smallest absolute Gasteiger partial charge is 0.138 e. The monoisotopic (exact) mass is 553 g/mol. The minimum absolute atomic E-state index is 0.0429. The molecule has 7 nitrogen and oxygen atoms in total. The predicted molar refractivity (Wildman–Crippen MR) is 156 cm³/mol. The highest BCUT2D eigenvalue weighted by atomic mass is 32.2. The molecule has 0 radical (unpaired) electrons. The Morgan fingerprint density at radius 3 is 2.08 bits per heavy atom. The first-order valence-electron chi connectivity index (χ1n) is 11.3. The van der Waals surface area contributed by atoms with Crippen molar-refractivity contribution in [1.29, 1.82) is 10.5 Å². The van der Waals surface area contributed by atoms with Gasteiger partial charge >= 0.3 is 0 Å². The Morgan fingerprint density at radius 1 is 0.895 bits per heavy atom. The third-order valence-corrected chi connectivity index (χ3v) is 8.56. The van der Waals surface area contributed by atoms with Crippen LogP contribution in [0.25, 0.3) is 31.6 Å². The summed E-state index contributed by atoms with van der Waals surface area (Å²) in [7, 11) is 1.58. The average molecular weight is 554 g/mol. The first kappa shape index (κ1) is 25.3. The molecule has 38 heavy (non-hydrogen) atoms. The van der Waals surface area contributed by atoms with Crippen LogP contribution in [0.15, 0.2) is 83.6 Å². The van der Waals surface area contributed by atoms with Gasteiger partial charge in [-0.2, -0.15) is 10.5 Å². The number of hydrogen-bond donors (Lipinski definition) is 2. The number of fused-ring (bicyclic) bond motifs is 2. The minimum atomic E-state index is -0.122. The van der Waals surface area contributed by atoms with Gasteiger partial charge in [-0.25, -0.2) is 9.97 Å². The third kappa shape index (κ3) is 5.34. The molecule has 10 heteroatoms. The first-order valence-corrected chi connectivity index (χ1v) is 13.9. The van der Waals surface area contributed by atoms with E-state index in [9.17, 15) is 15.6 Å². The molecule has 0 aliphatic rings. The van der Waals surface area contributed by atoms with Crippen molar-refractivity contribution in [1.82, 2.24) is 9.97 Å². The van der Waals surface area contributed by atoms with E-state index in [1.165, 1.54) is 34.4 Å². The van der Waals surface area contributed by atoms with Crippen molar-refractivity contribution in [2.24, 2.45) is 0 Å². The first-order chi connectivity index (χ1) is 18.6. The summed E-state index contributed by atoms with van der Waals surface area (Å²) in [5.74, 6) is 0.576. The van der Waals surface area contributed by atoms with Crippen LogP contribution in [-0.4, -0.2) is 27.9 Å². The van der Waals surface area contributed by atoms with Gasteiger partial charge in [0, 0.05) is 11.8 Å². The Bertz CT molecular complexity index is 1720. The Labute approximate surface area is 231 Å². The number of aromatic nitrogens is 2. The zero-order valence-corrected chi connectivity index (χ0v) is 22.5. The number of aliphatic hydroxyl groups excluding tert-OH is 1. The van der Waals surface area contributed by atoms with Gasteiger partial charge in [0.1, 0.15) is 44.8 Å². The van der Waals surface area contributed by atoms with Crippen molar-refractivity contribution in [2.75, 3.05) is 18.2 Å². The van der Waals surface area contributed by atoms with Gasteiger partial charge in [0.2, 0.25) is 0 Å². The van der Waals surface area contributed by atoms with E-state index in [4.69, 9.17) is 4.74 Å². The van der Waals surface area contributed by atoms with Crippen LogP contribution in [0.4, 0.5) is 5.69 Å². The lowest BCUT2D eigenvalue weighted by molar-refractivity contribution is 0.415. The number of nitrogens with zero attached hydrogens (tertiary/aromatic N) is 4. The summed E-state index contributed by atoms with van der Waals surface area (Å²) in [6, 6.07) is 27.0. The maximum Gasteiger partial charge on any atom is 0.138 e. The molecule has 0 fully saturated rings. The number of ether oxygens (including phenoxy) is 1. The van der Waals surface area contributed by atoms with Crippen LogP contribution in [0.1, 0.15) is 10.0 Å². The number of allylic oxidation sites excluding steroid dienone is 2. The number of hydrogen-bond acceptors (Lipinski definition) is 10. The van der Waals surface area contributed by atoms with E-state index in [1.807, 2.05) is 72.8 Å². The van der Waals surface area contributed by atoms with Crippen molar-refractivity contribution in [3.05, 3.63) is 93.6 Å². The number of anilines is 1. The Balaban J connectivity index is 1.53.